The minimum absolute atomic E-state index is 0.0480. The van der Waals surface area contributed by atoms with Crippen LogP contribution in [0.25, 0.3) is 11.0 Å². The van der Waals surface area contributed by atoms with Crippen molar-refractivity contribution >= 4 is 16.9 Å². The lowest BCUT2D eigenvalue weighted by Gasteiger charge is -2.43. The molecule has 6 nitrogen and oxygen atoms in total. The highest BCUT2D eigenvalue weighted by atomic mass is 19.2. The molecule has 1 amide bonds. The van der Waals surface area contributed by atoms with Gasteiger partial charge in [-0.3, -0.25) is 13.9 Å². The van der Waals surface area contributed by atoms with E-state index in [0.29, 0.717) is 22.5 Å². The van der Waals surface area contributed by atoms with Crippen molar-refractivity contribution in [1.82, 2.24) is 19.4 Å². The van der Waals surface area contributed by atoms with Gasteiger partial charge in [0.05, 0.1) is 11.0 Å². The van der Waals surface area contributed by atoms with E-state index in [1.807, 2.05) is 0 Å². The number of piperidine rings is 1. The average Bonchev–Trinajstić information content (AvgIpc) is 2.99. The molecule has 1 N–H and O–H groups in total. The number of hydrogen-bond donors (Lipinski definition) is 1. The Morgan fingerprint density at radius 1 is 1.03 bits per heavy atom. The molecule has 0 atom stereocenters. The predicted octanol–water partition coefficient (Wildman–Crippen LogP) is 3.82. The zero-order chi connectivity index (χ0) is 23.0. The third kappa shape index (κ3) is 4.60. The van der Waals surface area contributed by atoms with Gasteiger partial charge in [0.2, 0.25) is 5.91 Å². The van der Waals surface area contributed by atoms with Crippen molar-refractivity contribution in [2.24, 2.45) is 5.41 Å². The SMILES string of the molecule is CC(=O)NCCn1c(=O)n(C2CCN(C3CCC(C)(C)CC3)CC2)c2cc(F)c(F)cc21. The Balaban J connectivity index is 1.55. The molecule has 1 saturated heterocycles. The fraction of sp³-hybridized carbons (Fsp3) is 0.667. The number of nitrogens with one attached hydrogen (secondary N) is 1. The van der Waals surface area contributed by atoms with Crippen LogP contribution >= 0.6 is 0 Å². The molecule has 0 spiro atoms. The Kier molecular flexibility index (Phi) is 6.43. The van der Waals surface area contributed by atoms with Gasteiger partial charge in [-0.15, -0.1) is 0 Å². The number of rotatable bonds is 5. The van der Waals surface area contributed by atoms with Gasteiger partial charge in [0.1, 0.15) is 0 Å². The molecule has 1 aromatic carbocycles. The van der Waals surface area contributed by atoms with E-state index in [9.17, 15) is 18.4 Å². The molecule has 2 aliphatic rings. The van der Waals surface area contributed by atoms with Crippen LogP contribution in [0.5, 0.6) is 0 Å². The molecule has 32 heavy (non-hydrogen) atoms. The van der Waals surface area contributed by atoms with E-state index in [1.54, 1.807) is 4.57 Å². The van der Waals surface area contributed by atoms with Gasteiger partial charge in [0.25, 0.3) is 0 Å². The second-order valence-electron chi connectivity index (χ2n) is 10.2. The summed E-state index contributed by atoms with van der Waals surface area (Å²) >= 11 is 0. The summed E-state index contributed by atoms with van der Waals surface area (Å²) < 4.78 is 31.2. The first-order chi connectivity index (χ1) is 15.2. The summed E-state index contributed by atoms with van der Waals surface area (Å²) in [5.41, 5.74) is 0.958. The zero-order valence-corrected chi connectivity index (χ0v) is 19.3. The van der Waals surface area contributed by atoms with Crippen molar-refractivity contribution in [2.45, 2.75) is 77.9 Å². The first-order valence-electron chi connectivity index (χ1n) is 11.7. The summed E-state index contributed by atoms with van der Waals surface area (Å²) in [6.45, 7) is 8.36. The summed E-state index contributed by atoms with van der Waals surface area (Å²) in [5, 5.41) is 2.67. The number of benzene rings is 1. The van der Waals surface area contributed by atoms with Crippen LogP contribution in [0.2, 0.25) is 0 Å². The van der Waals surface area contributed by atoms with Gasteiger partial charge in [0, 0.05) is 57.3 Å². The standard InChI is InChI=1S/C24H34F2N4O2/c1-16(31)27-10-13-29-21-14-19(25)20(26)15-22(21)30(23(29)32)18-6-11-28(12-7-18)17-4-8-24(2,3)9-5-17/h14-15,17-18H,4-13H2,1-3H3,(H,27,31). The Hall–Kier alpha value is -2.22. The number of hydrogen-bond acceptors (Lipinski definition) is 3. The maximum Gasteiger partial charge on any atom is 0.329 e. The predicted molar refractivity (Wildman–Crippen MR) is 121 cm³/mol. The Bertz CT molecular complexity index is 1040. The van der Waals surface area contributed by atoms with Crippen LogP contribution in [0.15, 0.2) is 16.9 Å². The van der Waals surface area contributed by atoms with E-state index >= 15 is 0 Å². The highest BCUT2D eigenvalue weighted by Gasteiger charge is 2.33. The number of fused-ring (bicyclic) bond motifs is 1. The van der Waals surface area contributed by atoms with Crippen molar-refractivity contribution < 1.29 is 13.6 Å². The Morgan fingerprint density at radius 3 is 2.22 bits per heavy atom. The first kappa shape index (κ1) is 23.0. The lowest BCUT2D eigenvalue weighted by Crippen LogP contribution is -2.45. The monoisotopic (exact) mass is 448 g/mol. The van der Waals surface area contributed by atoms with E-state index in [4.69, 9.17) is 0 Å². The summed E-state index contributed by atoms with van der Waals surface area (Å²) in [6, 6.07) is 2.78. The van der Waals surface area contributed by atoms with Crippen LogP contribution < -0.4 is 11.0 Å². The second kappa shape index (κ2) is 8.96. The average molecular weight is 449 g/mol. The van der Waals surface area contributed by atoms with Gasteiger partial charge in [-0.1, -0.05) is 13.8 Å². The maximum absolute atomic E-state index is 14.1. The molecule has 2 aromatic rings. The van der Waals surface area contributed by atoms with E-state index in [-0.39, 0.29) is 30.7 Å². The molecule has 2 fully saturated rings. The molecular weight excluding hydrogens is 414 g/mol. The number of carbonyl (C=O) groups excluding carboxylic acids is 1. The molecule has 8 heteroatoms. The summed E-state index contributed by atoms with van der Waals surface area (Å²) in [7, 11) is 0. The molecule has 2 heterocycles. The minimum atomic E-state index is -0.974. The maximum atomic E-state index is 14.1. The van der Waals surface area contributed by atoms with Gasteiger partial charge >= 0.3 is 5.69 Å². The van der Waals surface area contributed by atoms with Crippen molar-refractivity contribution in [2.75, 3.05) is 19.6 Å². The summed E-state index contributed by atoms with van der Waals surface area (Å²) in [5.74, 6) is -2.12. The van der Waals surface area contributed by atoms with Crippen LogP contribution in [-0.2, 0) is 11.3 Å². The smallest absolute Gasteiger partial charge is 0.329 e. The van der Waals surface area contributed by atoms with Crippen molar-refractivity contribution in [3.63, 3.8) is 0 Å². The highest BCUT2D eigenvalue weighted by Crippen LogP contribution is 2.38. The number of carbonyl (C=O) groups is 1. The molecular formula is C24H34F2N4O2. The van der Waals surface area contributed by atoms with E-state index < -0.39 is 11.6 Å². The summed E-state index contributed by atoms with van der Waals surface area (Å²) in [4.78, 5) is 27.1. The molecule has 0 radical (unpaired) electrons. The first-order valence-corrected chi connectivity index (χ1v) is 11.7. The number of amides is 1. The molecule has 1 aliphatic carbocycles. The van der Waals surface area contributed by atoms with Crippen LogP contribution in [0.4, 0.5) is 8.78 Å². The number of nitrogens with zero attached hydrogens (tertiary/aromatic N) is 3. The van der Waals surface area contributed by atoms with E-state index in [1.165, 1.54) is 37.2 Å². The molecule has 176 valence electrons. The molecule has 1 aromatic heterocycles. The normalized spacial score (nSPS) is 20.7. The van der Waals surface area contributed by atoms with Crippen LogP contribution in [0, 0.1) is 17.0 Å². The number of likely N-dealkylation sites (tertiary alicyclic amines) is 1. The lowest BCUT2D eigenvalue weighted by molar-refractivity contribution is -0.118. The van der Waals surface area contributed by atoms with Gasteiger partial charge in [0.15, 0.2) is 11.6 Å². The second-order valence-corrected chi connectivity index (χ2v) is 10.2. The Morgan fingerprint density at radius 2 is 1.62 bits per heavy atom. The molecule has 1 saturated carbocycles. The minimum Gasteiger partial charge on any atom is -0.355 e. The van der Waals surface area contributed by atoms with Crippen molar-refractivity contribution in [3.8, 4) is 0 Å². The quantitative estimate of drug-likeness (QED) is 0.757. The van der Waals surface area contributed by atoms with Crippen molar-refractivity contribution in [3.05, 3.63) is 34.3 Å². The van der Waals surface area contributed by atoms with Crippen LogP contribution in [0.1, 0.15) is 65.3 Å². The molecule has 4 rings (SSSR count). The van der Waals surface area contributed by atoms with E-state index in [0.717, 1.165) is 38.1 Å². The fourth-order valence-corrected chi connectivity index (χ4v) is 5.44. The van der Waals surface area contributed by atoms with Gasteiger partial charge in [-0.25, -0.2) is 13.6 Å². The van der Waals surface area contributed by atoms with Gasteiger partial charge < -0.3 is 10.2 Å². The van der Waals surface area contributed by atoms with E-state index in [2.05, 4.69) is 24.1 Å². The molecule has 1 aliphatic heterocycles. The number of imidazole rings is 1. The third-order valence-corrected chi connectivity index (χ3v) is 7.40. The van der Waals surface area contributed by atoms with Crippen molar-refractivity contribution in [1.29, 1.82) is 0 Å². The number of aromatic nitrogens is 2. The largest absolute Gasteiger partial charge is 0.355 e. The van der Waals surface area contributed by atoms with Crippen LogP contribution in [0.3, 0.4) is 0 Å². The van der Waals surface area contributed by atoms with Gasteiger partial charge in [-0.05, 0) is 43.9 Å². The summed E-state index contributed by atoms with van der Waals surface area (Å²) in [6.07, 6.45) is 6.52. The van der Waals surface area contributed by atoms with Gasteiger partial charge in [-0.2, -0.15) is 0 Å². The number of halogens is 2. The molecule has 0 unspecified atom stereocenters. The fourth-order valence-electron chi connectivity index (χ4n) is 5.44. The topological polar surface area (TPSA) is 59.3 Å². The highest BCUT2D eigenvalue weighted by molar-refractivity contribution is 5.76. The lowest BCUT2D eigenvalue weighted by atomic mass is 9.75. The third-order valence-electron chi connectivity index (χ3n) is 7.40. The van der Waals surface area contributed by atoms with Crippen LogP contribution in [-0.4, -0.2) is 45.6 Å². The Labute approximate surface area is 187 Å². The molecule has 0 bridgehead atoms. The zero-order valence-electron chi connectivity index (χ0n) is 19.3.